The van der Waals surface area contributed by atoms with Crippen molar-refractivity contribution in [2.24, 2.45) is 0 Å². The van der Waals surface area contributed by atoms with Crippen molar-refractivity contribution in [1.29, 1.82) is 0 Å². The van der Waals surface area contributed by atoms with Crippen LogP contribution in [0.4, 0.5) is 13.2 Å². The molecule has 116 valence electrons. The molecular weight excluding hydrogens is 281 g/mol. The predicted octanol–water partition coefficient (Wildman–Crippen LogP) is 2.51. The van der Waals surface area contributed by atoms with Crippen LogP contribution in [0.5, 0.6) is 0 Å². The first-order valence-corrected chi connectivity index (χ1v) is 7.11. The zero-order chi connectivity index (χ0) is 15.3. The van der Waals surface area contributed by atoms with Gasteiger partial charge < -0.3 is 10.6 Å². The SMILES string of the molecule is O=C(Cc1ccc(C(F)(F)F)cc1)NCC1CCCCN1. The first-order chi connectivity index (χ1) is 9.95. The van der Waals surface area contributed by atoms with Gasteiger partial charge in [0, 0.05) is 12.6 Å². The number of benzene rings is 1. The Bertz CT molecular complexity index is 465. The van der Waals surface area contributed by atoms with Crippen LogP contribution in [0.15, 0.2) is 24.3 Å². The van der Waals surface area contributed by atoms with Gasteiger partial charge in [0.1, 0.15) is 0 Å². The molecule has 1 saturated heterocycles. The van der Waals surface area contributed by atoms with Gasteiger partial charge in [0.25, 0.3) is 0 Å². The Kier molecular flexibility index (Phi) is 5.22. The van der Waals surface area contributed by atoms with Gasteiger partial charge in [-0.15, -0.1) is 0 Å². The summed E-state index contributed by atoms with van der Waals surface area (Å²) in [5.74, 6) is -0.165. The lowest BCUT2D eigenvalue weighted by atomic mass is 10.0. The molecule has 0 spiro atoms. The summed E-state index contributed by atoms with van der Waals surface area (Å²) < 4.78 is 37.3. The number of carbonyl (C=O) groups excluding carboxylic acids is 1. The maximum Gasteiger partial charge on any atom is 0.416 e. The molecule has 1 unspecified atom stereocenters. The summed E-state index contributed by atoms with van der Waals surface area (Å²) in [6, 6.07) is 5.01. The van der Waals surface area contributed by atoms with Gasteiger partial charge in [-0.2, -0.15) is 13.2 Å². The van der Waals surface area contributed by atoms with Gasteiger partial charge in [-0.1, -0.05) is 18.6 Å². The van der Waals surface area contributed by atoms with Gasteiger partial charge in [-0.3, -0.25) is 4.79 Å². The molecule has 1 fully saturated rings. The van der Waals surface area contributed by atoms with E-state index in [1.54, 1.807) is 0 Å². The minimum Gasteiger partial charge on any atom is -0.354 e. The first-order valence-electron chi connectivity index (χ1n) is 7.11. The van der Waals surface area contributed by atoms with E-state index in [0.717, 1.165) is 37.9 Å². The molecule has 6 heteroatoms. The number of hydrogen-bond acceptors (Lipinski definition) is 2. The number of rotatable bonds is 4. The third kappa shape index (κ3) is 5.04. The molecule has 1 heterocycles. The van der Waals surface area contributed by atoms with E-state index in [1.807, 2.05) is 0 Å². The van der Waals surface area contributed by atoms with E-state index >= 15 is 0 Å². The largest absolute Gasteiger partial charge is 0.416 e. The Morgan fingerprint density at radius 3 is 2.52 bits per heavy atom. The van der Waals surface area contributed by atoms with E-state index in [-0.39, 0.29) is 12.3 Å². The third-order valence-corrected chi connectivity index (χ3v) is 3.60. The number of alkyl halides is 3. The molecule has 1 aliphatic heterocycles. The van der Waals surface area contributed by atoms with Crippen molar-refractivity contribution >= 4 is 5.91 Å². The van der Waals surface area contributed by atoms with Crippen LogP contribution in [0.3, 0.4) is 0 Å². The number of hydrogen-bond donors (Lipinski definition) is 2. The lowest BCUT2D eigenvalue weighted by Crippen LogP contribution is -2.43. The molecule has 3 nitrogen and oxygen atoms in total. The fraction of sp³-hybridized carbons (Fsp3) is 0.533. The van der Waals surface area contributed by atoms with Crippen LogP contribution >= 0.6 is 0 Å². The van der Waals surface area contributed by atoms with Gasteiger partial charge in [-0.05, 0) is 37.1 Å². The Morgan fingerprint density at radius 1 is 1.24 bits per heavy atom. The fourth-order valence-corrected chi connectivity index (χ4v) is 2.39. The van der Waals surface area contributed by atoms with Crippen molar-refractivity contribution in [3.05, 3.63) is 35.4 Å². The molecule has 0 aliphatic carbocycles. The molecule has 2 N–H and O–H groups in total. The molecule has 21 heavy (non-hydrogen) atoms. The third-order valence-electron chi connectivity index (χ3n) is 3.60. The van der Waals surface area contributed by atoms with E-state index in [1.165, 1.54) is 12.1 Å². The number of piperidine rings is 1. The standard InChI is InChI=1S/C15H19F3N2O/c16-15(17,18)12-6-4-11(5-7-12)9-14(21)20-10-13-3-1-2-8-19-13/h4-7,13,19H,1-3,8-10H2,(H,20,21). The molecule has 1 aliphatic rings. The van der Waals surface area contributed by atoms with Crippen molar-refractivity contribution < 1.29 is 18.0 Å². The number of carbonyl (C=O) groups is 1. The summed E-state index contributed by atoms with van der Waals surface area (Å²) in [6.45, 7) is 1.54. The summed E-state index contributed by atoms with van der Waals surface area (Å²) >= 11 is 0. The normalized spacial score (nSPS) is 19.3. The highest BCUT2D eigenvalue weighted by atomic mass is 19.4. The highest BCUT2D eigenvalue weighted by Crippen LogP contribution is 2.29. The quantitative estimate of drug-likeness (QED) is 0.897. The minimum atomic E-state index is -4.34. The predicted molar refractivity (Wildman–Crippen MR) is 73.8 cm³/mol. The summed E-state index contributed by atoms with van der Waals surface area (Å²) in [5.41, 5.74) is -0.116. The molecule has 0 radical (unpaired) electrons. The Hall–Kier alpha value is -1.56. The molecule has 0 aromatic heterocycles. The van der Waals surface area contributed by atoms with Crippen LogP contribution in [0.2, 0.25) is 0 Å². The average molecular weight is 300 g/mol. The smallest absolute Gasteiger partial charge is 0.354 e. The van der Waals surface area contributed by atoms with Gasteiger partial charge >= 0.3 is 6.18 Å². The van der Waals surface area contributed by atoms with Gasteiger partial charge in [0.15, 0.2) is 0 Å². The Morgan fingerprint density at radius 2 is 1.95 bits per heavy atom. The summed E-state index contributed by atoms with van der Waals surface area (Å²) in [4.78, 5) is 11.8. The molecule has 1 aromatic rings. The van der Waals surface area contributed by atoms with Crippen molar-refractivity contribution in [1.82, 2.24) is 10.6 Å². The van der Waals surface area contributed by atoms with Crippen molar-refractivity contribution in [2.75, 3.05) is 13.1 Å². The molecule has 0 bridgehead atoms. The topological polar surface area (TPSA) is 41.1 Å². The van der Waals surface area contributed by atoms with Crippen LogP contribution in [0.25, 0.3) is 0 Å². The van der Waals surface area contributed by atoms with E-state index in [0.29, 0.717) is 18.2 Å². The summed E-state index contributed by atoms with van der Waals surface area (Å²) in [5, 5.41) is 6.14. The summed E-state index contributed by atoms with van der Waals surface area (Å²) in [6.07, 6.45) is -0.874. The second kappa shape index (κ2) is 6.93. The van der Waals surface area contributed by atoms with Crippen LogP contribution in [-0.2, 0) is 17.4 Å². The van der Waals surface area contributed by atoms with E-state index in [4.69, 9.17) is 0 Å². The minimum absolute atomic E-state index is 0.102. The molecular formula is C15H19F3N2O. The van der Waals surface area contributed by atoms with Gasteiger partial charge in [0.2, 0.25) is 5.91 Å². The highest BCUT2D eigenvalue weighted by molar-refractivity contribution is 5.78. The highest BCUT2D eigenvalue weighted by Gasteiger charge is 2.29. The van der Waals surface area contributed by atoms with Crippen LogP contribution in [0.1, 0.15) is 30.4 Å². The number of amides is 1. The number of halogens is 3. The van der Waals surface area contributed by atoms with Crippen molar-refractivity contribution in [3.8, 4) is 0 Å². The van der Waals surface area contributed by atoms with Crippen molar-refractivity contribution in [2.45, 2.75) is 37.9 Å². The Balaban J connectivity index is 1.79. The van der Waals surface area contributed by atoms with E-state index in [2.05, 4.69) is 10.6 Å². The Labute approximate surface area is 121 Å². The van der Waals surface area contributed by atoms with Crippen LogP contribution in [0, 0.1) is 0 Å². The fourth-order valence-electron chi connectivity index (χ4n) is 2.39. The zero-order valence-electron chi connectivity index (χ0n) is 11.7. The summed E-state index contributed by atoms with van der Waals surface area (Å²) in [7, 11) is 0. The van der Waals surface area contributed by atoms with Crippen molar-refractivity contribution in [3.63, 3.8) is 0 Å². The first kappa shape index (κ1) is 15.8. The second-order valence-corrected chi connectivity index (χ2v) is 5.32. The van der Waals surface area contributed by atoms with E-state index < -0.39 is 11.7 Å². The van der Waals surface area contributed by atoms with Crippen LogP contribution < -0.4 is 10.6 Å². The molecule has 1 amide bonds. The maximum absolute atomic E-state index is 12.4. The molecule has 1 atom stereocenters. The van der Waals surface area contributed by atoms with E-state index in [9.17, 15) is 18.0 Å². The maximum atomic E-state index is 12.4. The van der Waals surface area contributed by atoms with Gasteiger partial charge in [0.05, 0.1) is 12.0 Å². The lowest BCUT2D eigenvalue weighted by molar-refractivity contribution is -0.137. The van der Waals surface area contributed by atoms with Gasteiger partial charge in [-0.25, -0.2) is 0 Å². The number of nitrogens with one attached hydrogen (secondary N) is 2. The molecule has 1 aromatic carbocycles. The average Bonchev–Trinajstić information content (AvgIpc) is 2.46. The molecule has 0 saturated carbocycles. The second-order valence-electron chi connectivity index (χ2n) is 5.32. The van der Waals surface area contributed by atoms with Crippen LogP contribution in [-0.4, -0.2) is 25.0 Å². The monoisotopic (exact) mass is 300 g/mol. The lowest BCUT2D eigenvalue weighted by Gasteiger charge is -2.23. The zero-order valence-corrected chi connectivity index (χ0v) is 11.7. The molecule has 2 rings (SSSR count).